The summed E-state index contributed by atoms with van der Waals surface area (Å²) in [7, 11) is 0. The second-order valence-corrected chi connectivity index (χ2v) is 4.04. The lowest BCUT2D eigenvalue weighted by atomic mass is 10.1. The van der Waals surface area contributed by atoms with Gasteiger partial charge in [-0.3, -0.25) is 0 Å². The van der Waals surface area contributed by atoms with Crippen LogP contribution in [0.2, 0.25) is 0 Å². The first kappa shape index (κ1) is 11.2. The largest absolute Gasteiger partial charge is 0.383 e. The maximum absolute atomic E-state index is 5.60. The number of nitrogens with one attached hydrogen (secondary N) is 1. The van der Waals surface area contributed by atoms with Crippen molar-refractivity contribution in [1.29, 1.82) is 0 Å². The van der Waals surface area contributed by atoms with Crippen molar-refractivity contribution in [2.75, 3.05) is 16.8 Å². The summed E-state index contributed by atoms with van der Waals surface area (Å²) < 4.78 is 0. The summed E-state index contributed by atoms with van der Waals surface area (Å²) in [6.45, 7) is 4.09. The summed E-state index contributed by atoms with van der Waals surface area (Å²) >= 11 is 0. The molecule has 0 atom stereocenters. The molecule has 0 fully saturated rings. The number of rotatable bonds is 2. The van der Waals surface area contributed by atoms with Crippen molar-refractivity contribution in [2.45, 2.75) is 13.8 Å². The van der Waals surface area contributed by atoms with E-state index in [4.69, 9.17) is 11.5 Å². The highest BCUT2D eigenvalue weighted by molar-refractivity contribution is 5.61. The van der Waals surface area contributed by atoms with Crippen LogP contribution in [0.25, 0.3) is 0 Å². The van der Waals surface area contributed by atoms with Gasteiger partial charge in [0.2, 0.25) is 5.95 Å². The van der Waals surface area contributed by atoms with Gasteiger partial charge in [-0.1, -0.05) is 6.07 Å². The first-order valence-corrected chi connectivity index (χ1v) is 5.28. The fraction of sp³-hybridized carbons (Fsp3) is 0.167. The average molecular weight is 229 g/mol. The zero-order chi connectivity index (χ0) is 12.4. The van der Waals surface area contributed by atoms with Gasteiger partial charge in [-0.25, -0.2) is 0 Å². The number of benzene rings is 1. The van der Waals surface area contributed by atoms with E-state index >= 15 is 0 Å². The van der Waals surface area contributed by atoms with E-state index in [0.717, 1.165) is 5.69 Å². The third-order valence-electron chi connectivity index (χ3n) is 2.26. The van der Waals surface area contributed by atoms with Crippen molar-refractivity contribution in [1.82, 2.24) is 9.97 Å². The molecule has 5 nitrogen and oxygen atoms in total. The molecular formula is C12H15N5. The van der Waals surface area contributed by atoms with Gasteiger partial charge in [0.25, 0.3) is 0 Å². The maximum atomic E-state index is 5.60. The number of nitrogens with zero attached hydrogens (tertiary/aromatic N) is 2. The molecule has 2 aromatic rings. The van der Waals surface area contributed by atoms with Gasteiger partial charge in [-0.2, -0.15) is 9.97 Å². The second-order valence-electron chi connectivity index (χ2n) is 4.04. The molecule has 0 saturated heterocycles. The molecule has 1 heterocycles. The molecule has 1 aromatic carbocycles. The van der Waals surface area contributed by atoms with Crippen molar-refractivity contribution < 1.29 is 0 Å². The normalized spacial score (nSPS) is 10.2. The van der Waals surface area contributed by atoms with Crippen LogP contribution in [-0.4, -0.2) is 9.97 Å². The third-order valence-corrected chi connectivity index (χ3v) is 2.26. The molecule has 5 heteroatoms. The number of hydrogen-bond acceptors (Lipinski definition) is 5. The highest BCUT2D eigenvalue weighted by atomic mass is 15.1. The van der Waals surface area contributed by atoms with E-state index in [1.54, 1.807) is 6.07 Å². The quantitative estimate of drug-likeness (QED) is 0.732. The van der Waals surface area contributed by atoms with Crippen LogP contribution in [0.4, 0.5) is 23.3 Å². The van der Waals surface area contributed by atoms with Gasteiger partial charge in [0, 0.05) is 11.8 Å². The van der Waals surface area contributed by atoms with Gasteiger partial charge in [0.05, 0.1) is 0 Å². The molecule has 0 aliphatic carbocycles. The number of aryl methyl sites for hydroxylation is 2. The third kappa shape index (κ3) is 2.84. The van der Waals surface area contributed by atoms with E-state index in [9.17, 15) is 0 Å². The van der Waals surface area contributed by atoms with Crippen molar-refractivity contribution in [2.24, 2.45) is 0 Å². The van der Waals surface area contributed by atoms with E-state index < -0.39 is 0 Å². The minimum Gasteiger partial charge on any atom is -0.383 e. The highest BCUT2D eigenvalue weighted by Crippen LogP contribution is 2.19. The van der Waals surface area contributed by atoms with Crippen LogP contribution in [0.3, 0.4) is 0 Å². The molecule has 0 saturated carbocycles. The molecule has 0 bridgehead atoms. The predicted molar refractivity (Wildman–Crippen MR) is 70.1 cm³/mol. The van der Waals surface area contributed by atoms with E-state index in [1.807, 2.05) is 26.0 Å². The number of anilines is 4. The second kappa shape index (κ2) is 4.29. The van der Waals surface area contributed by atoms with Gasteiger partial charge < -0.3 is 16.8 Å². The average Bonchev–Trinajstić information content (AvgIpc) is 2.13. The standard InChI is InChI=1S/C12H15N5/c1-7-3-8(2)5-9(4-7)15-11-6-10(13)16-12(14)17-11/h3-6H,1-2H3,(H5,13,14,15,16,17). The van der Waals surface area contributed by atoms with Crippen LogP contribution in [-0.2, 0) is 0 Å². The maximum Gasteiger partial charge on any atom is 0.223 e. The molecule has 17 heavy (non-hydrogen) atoms. The van der Waals surface area contributed by atoms with Crippen molar-refractivity contribution >= 4 is 23.3 Å². The lowest BCUT2D eigenvalue weighted by Crippen LogP contribution is -2.03. The summed E-state index contributed by atoms with van der Waals surface area (Å²) in [5.74, 6) is 1.11. The predicted octanol–water partition coefficient (Wildman–Crippen LogP) is 2.00. The molecule has 0 unspecified atom stereocenters. The first-order chi connectivity index (χ1) is 8.02. The van der Waals surface area contributed by atoms with Crippen molar-refractivity contribution in [3.8, 4) is 0 Å². The molecule has 2 rings (SSSR count). The number of aromatic nitrogens is 2. The molecule has 5 N–H and O–H groups in total. The van der Waals surface area contributed by atoms with Gasteiger partial charge in [0.1, 0.15) is 11.6 Å². The van der Waals surface area contributed by atoms with E-state index in [1.165, 1.54) is 11.1 Å². The van der Waals surface area contributed by atoms with Crippen LogP contribution < -0.4 is 16.8 Å². The Morgan fingerprint density at radius 2 is 1.59 bits per heavy atom. The number of nitrogen functional groups attached to an aromatic ring is 2. The van der Waals surface area contributed by atoms with E-state index in [0.29, 0.717) is 11.6 Å². The zero-order valence-electron chi connectivity index (χ0n) is 9.86. The van der Waals surface area contributed by atoms with Gasteiger partial charge in [0.15, 0.2) is 0 Å². The Hall–Kier alpha value is -2.30. The first-order valence-electron chi connectivity index (χ1n) is 5.28. The Balaban J connectivity index is 2.31. The summed E-state index contributed by atoms with van der Waals surface area (Å²) in [5.41, 5.74) is 14.5. The molecular weight excluding hydrogens is 214 g/mol. The molecule has 1 aromatic heterocycles. The minimum atomic E-state index is 0.164. The van der Waals surface area contributed by atoms with Crippen LogP contribution in [0.15, 0.2) is 24.3 Å². The molecule has 0 aliphatic heterocycles. The smallest absolute Gasteiger partial charge is 0.223 e. The van der Waals surface area contributed by atoms with E-state index in [2.05, 4.69) is 21.4 Å². The van der Waals surface area contributed by atoms with Gasteiger partial charge in [-0.15, -0.1) is 0 Å². The fourth-order valence-electron chi connectivity index (χ4n) is 1.74. The summed E-state index contributed by atoms with van der Waals surface area (Å²) in [6.07, 6.45) is 0. The van der Waals surface area contributed by atoms with Crippen LogP contribution in [0.5, 0.6) is 0 Å². The number of hydrogen-bond donors (Lipinski definition) is 3. The Labute approximate surface area is 99.9 Å². The summed E-state index contributed by atoms with van der Waals surface area (Å²) in [6, 6.07) is 7.81. The van der Waals surface area contributed by atoms with Gasteiger partial charge in [-0.05, 0) is 37.1 Å². The SMILES string of the molecule is Cc1cc(C)cc(Nc2cc(N)nc(N)n2)c1. The molecule has 0 spiro atoms. The van der Waals surface area contributed by atoms with E-state index in [-0.39, 0.29) is 5.95 Å². The lowest BCUT2D eigenvalue weighted by Gasteiger charge is -2.08. The van der Waals surface area contributed by atoms with Crippen molar-refractivity contribution in [3.05, 3.63) is 35.4 Å². The van der Waals surface area contributed by atoms with Crippen LogP contribution >= 0.6 is 0 Å². The van der Waals surface area contributed by atoms with Crippen molar-refractivity contribution in [3.63, 3.8) is 0 Å². The molecule has 0 aliphatic rings. The van der Waals surface area contributed by atoms with Crippen LogP contribution in [0.1, 0.15) is 11.1 Å². The van der Waals surface area contributed by atoms with Gasteiger partial charge >= 0.3 is 0 Å². The Kier molecular flexibility index (Phi) is 2.82. The Morgan fingerprint density at radius 1 is 0.941 bits per heavy atom. The van der Waals surface area contributed by atoms with Crippen LogP contribution in [0, 0.1) is 13.8 Å². The topological polar surface area (TPSA) is 89.8 Å². The highest BCUT2D eigenvalue weighted by Gasteiger charge is 2.01. The summed E-state index contributed by atoms with van der Waals surface area (Å²) in [5, 5.41) is 3.16. The molecule has 0 radical (unpaired) electrons. The number of nitrogens with two attached hydrogens (primary N) is 2. The monoisotopic (exact) mass is 229 g/mol. The Bertz CT molecular complexity index is 461. The lowest BCUT2D eigenvalue weighted by molar-refractivity contribution is 1.19. The minimum absolute atomic E-state index is 0.164. The molecule has 88 valence electrons. The zero-order valence-corrected chi connectivity index (χ0v) is 9.86. The Morgan fingerprint density at radius 3 is 2.18 bits per heavy atom. The fourth-order valence-corrected chi connectivity index (χ4v) is 1.74. The summed E-state index contributed by atoms with van der Waals surface area (Å²) in [4.78, 5) is 7.88. The molecule has 0 amide bonds.